The lowest BCUT2D eigenvalue weighted by Crippen LogP contribution is -2.43. The maximum absolute atomic E-state index is 13.3. The Hall–Kier alpha value is -3.36. The van der Waals surface area contributed by atoms with E-state index in [4.69, 9.17) is 0 Å². The van der Waals surface area contributed by atoms with Crippen LogP contribution in [-0.2, 0) is 17.8 Å². The number of carbonyl (C=O) groups excluding carboxylic acids is 1. The molecule has 0 aliphatic carbocycles. The van der Waals surface area contributed by atoms with Crippen LogP contribution in [0.2, 0.25) is 0 Å². The van der Waals surface area contributed by atoms with E-state index in [0.29, 0.717) is 25.1 Å². The molecule has 1 amide bonds. The minimum atomic E-state index is -0.442. The SMILES string of the molecule is O=C(NCCc1ccncc1)[C@H]1[C@H](CO)[C@H]2Cn3c(ccc(-c4ccncc4)c3=O)[C@@H]1N2. The predicted molar refractivity (Wildman–Crippen MR) is 119 cm³/mol. The average Bonchev–Trinajstić information content (AvgIpc) is 3.13. The highest BCUT2D eigenvalue weighted by Crippen LogP contribution is 2.41. The van der Waals surface area contributed by atoms with Crippen LogP contribution in [0.4, 0.5) is 0 Å². The fraction of sp³-hybridized carbons (Fsp3) is 0.333. The van der Waals surface area contributed by atoms with Crippen LogP contribution in [0.3, 0.4) is 0 Å². The minimum absolute atomic E-state index is 0.0827. The Balaban J connectivity index is 1.40. The van der Waals surface area contributed by atoms with Crippen molar-refractivity contribution in [2.45, 2.75) is 25.0 Å². The van der Waals surface area contributed by atoms with Gasteiger partial charge >= 0.3 is 0 Å². The van der Waals surface area contributed by atoms with Crippen LogP contribution in [0, 0.1) is 11.8 Å². The van der Waals surface area contributed by atoms with Crippen LogP contribution in [0.1, 0.15) is 17.3 Å². The Morgan fingerprint density at radius 2 is 1.81 bits per heavy atom. The molecule has 2 aliphatic heterocycles. The number of nitrogens with one attached hydrogen (secondary N) is 2. The van der Waals surface area contributed by atoms with Gasteiger partial charge in [-0.15, -0.1) is 0 Å². The first-order chi connectivity index (χ1) is 15.7. The number of pyridine rings is 3. The molecular formula is C24H25N5O3. The third kappa shape index (κ3) is 3.61. The van der Waals surface area contributed by atoms with Crippen molar-refractivity contribution in [3.63, 3.8) is 0 Å². The molecule has 0 unspecified atom stereocenters. The summed E-state index contributed by atoms with van der Waals surface area (Å²) in [6.07, 6.45) is 7.50. The van der Waals surface area contributed by atoms with Gasteiger partial charge in [0.05, 0.1) is 12.0 Å². The second-order valence-electron chi connectivity index (χ2n) is 8.34. The molecule has 0 radical (unpaired) electrons. The maximum atomic E-state index is 13.3. The third-order valence-corrected chi connectivity index (χ3v) is 6.60. The number of rotatable bonds is 6. The summed E-state index contributed by atoms with van der Waals surface area (Å²) in [6, 6.07) is 10.8. The van der Waals surface area contributed by atoms with E-state index in [9.17, 15) is 14.7 Å². The molecule has 5 rings (SSSR count). The fourth-order valence-corrected chi connectivity index (χ4v) is 5.00. The summed E-state index contributed by atoms with van der Waals surface area (Å²) in [5, 5.41) is 16.6. The first-order valence-electron chi connectivity index (χ1n) is 10.8. The molecule has 8 heteroatoms. The Kier molecular flexibility index (Phi) is 5.55. The van der Waals surface area contributed by atoms with Gasteiger partial charge in [0.15, 0.2) is 0 Å². The minimum Gasteiger partial charge on any atom is -0.396 e. The highest BCUT2D eigenvalue weighted by Gasteiger charge is 2.50. The van der Waals surface area contributed by atoms with Gasteiger partial charge in [-0.05, 0) is 53.9 Å². The lowest BCUT2D eigenvalue weighted by atomic mass is 9.86. The number of aliphatic hydroxyl groups is 1. The van der Waals surface area contributed by atoms with Crippen LogP contribution >= 0.6 is 0 Å². The lowest BCUT2D eigenvalue weighted by molar-refractivity contribution is -0.127. The van der Waals surface area contributed by atoms with Crippen LogP contribution in [0.25, 0.3) is 11.1 Å². The zero-order chi connectivity index (χ0) is 22.1. The normalized spacial score (nSPS) is 23.5. The van der Waals surface area contributed by atoms with E-state index in [1.54, 1.807) is 29.4 Å². The van der Waals surface area contributed by atoms with E-state index in [2.05, 4.69) is 20.6 Å². The van der Waals surface area contributed by atoms with Crippen molar-refractivity contribution in [1.82, 2.24) is 25.2 Å². The van der Waals surface area contributed by atoms with Gasteiger partial charge in [-0.3, -0.25) is 19.6 Å². The van der Waals surface area contributed by atoms with Crippen molar-refractivity contribution in [1.29, 1.82) is 0 Å². The van der Waals surface area contributed by atoms with Gasteiger partial charge in [0.25, 0.3) is 5.56 Å². The van der Waals surface area contributed by atoms with E-state index >= 15 is 0 Å². The number of aromatic nitrogens is 3. The summed E-state index contributed by atoms with van der Waals surface area (Å²) in [5.74, 6) is -0.802. The molecule has 164 valence electrons. The average molecular weight is 431 g/mol. The standard InChI is InChI=1S/C24H25N5O3/c30-14-18-19-13-29-20(2-1-17(24(29)32)16-6-10-26-11-7-16)22(28-19)21(18)23(31)27-12-5-15-3-8-25-9-4-15/h1-4,6-11,18-19,21-22,28,30H,5,12-14H2,(H,27,31)/t18-,19-,21+,22+/m1/s1. The molecule has 0 spiro atoms. The second-order valence-corrected chi connectivity index (χ2v) is 8.34. The third-order valence-electron chi connectivity index (χ3n) is 6.60. The maximum Gasteiger partial charge on any atom is 0.258 e. The van der Waals surface area contributed by atoms with Gasteiger partial charge in [0.1, 0.15) is 0 Å². The Bertz CT molecular complexity index is 1170. The summed E-state index contributed by atoms with van der Waals surface area (Å²) >= 11 is 0. The number of carbonyl (C=O) groups is 1. The van der Waals surface area contributed by atoms with Crippen molar-refractivity contribution >= 4 is 5.91 Å². The van der Waals surface area contributed by atoms with Gasteiger partial charge in [0, 0.05) is 67.7 Å². The molecule has 2 bridgehead atoms. The molecule has 2 aliphatic rings. The Morgan fingerprint density at radius 1 is 1.09 bits per heavy atom. The summed E-state index contributed by atoms with van der Waals surface area (Å²) in [7, 11) is 0. The van der Waals surface area contributed by atoms with E-state index in [1.165, 1.54) is 0 Å². The van der Waals surface area contributed by atoms with Crippen molar-refractivity contribution < 1.29 is 9.90 Å². The van der Waals surface area contributed by atoms with Gasteiger partial charge in [-0.1, -0.05) is 0 Å². The zero-order valence-electron chi connectivity index (χ0n) is 17.5. The summed E-state index contributed by atoms with van der Waals surface area (Å²) < 4.78 is 1.76. The number of hydrogen-bond donors (Lipinski definition) is 3. The van der Waals surface area contributed by atoms with E-state index in [0.717, 1.165) is 16.8 Å². The number of nitrogens with zero attached hydrogens (tertiary/aromatic N) is 3. The van der Waals surface area contributed by atoms with E-state index in [-0.39, 0.29) is 36.1 Å². The molecular weight excluding hydrogens is 406 g/mol. The smallest absolute Gasteiger partial charge is 0.258 e. The molecule has 3 N–H and O–H groups in total. The summed E-state index contributed by atoms with van der Waals surface area (Å²) in [6.45, 7) is 0.814. The van der Waals surface area contributed by atoms with Crippen LogP contribution < -0.4 is 16.2 Å². The molecule has 4 atom stereocenters. The Morgan fingerprint density at radius 3 is 2.53 bits per heavy atom. The van der Waals surface area contributed by atoms with Crippen molar-refractivity contribution in [3.8, 4) is 11.1 Å². The van der Waals surface area contributed by atoms with E-state index in [1.807, 2.05) is 36.4 Å². The Labute approximate surface area is 185 Å². The molecule has 3 aromatic heterocycles. The number of amides is 1. The van der Waals surface area contributed by atoms with Crippen LogP contribution in [0.15, 0.2) is 66.0 Å². The number of hydrogen-bond acceptors (Lipinski definition) is 6. The molecule has 0 saturated carbocycles. The highest BCUT2D eigenvalue weighted by atomic mass is 16.3. The largest absolute Gasteiger partial charge is 0.396 e. The fourth-order valence-electron chi connectivity index (χ4n) is 5.00. The molecule has 3 aromatic rings. The molecule has 8 nitrogen and oxygen atoms in total. The second kappa shape index (κ2) is 8.64. The predicted octanol–water partition coefficient (Wildman–Crippen LogP) is 0.915. The highest BCUT2D eigenvalue weighted by molar-refractivity contribution is 5.80. The topological polar surface area (TPSA) is 109 Å². The van der Waals surface area contributed by atoms with Crippen molar-refractivity contribution in [3.05, 3.63) is 82.8 Å². The van der Waals surface area contributed by atoms with Crippen molar-refractivity contribution in [2.24, 2.45) is 11.8 Å². The monoisotopic (exact) mass is 431 g/mol. The van der Waals surface area contributed by atoms with Gasteiger partial charge in [-0.2, -0.15) is 0 Å². The zero-order valence-corrected chi connectivity index (χ0v) is 17.5. The molecule has 0 aromatic carbocycles. The summed E-state index contributed by atoms with van der Waals surface area (Å²) in [5.41, 5.74) is 3.23. The number of fused-ring (bicyclic) bond motifs is 4. The van der Waals surface area contributed by atoms with E-state index < -0.39 is 5.92 Å². The molecule has 5 heterocycles. The first-order valence-corrected chi connectivity index (χ1v) is 10.8. The quantitative estimate of drug-likeness (QED) is 0.536. The first kappa shape index (κ1) is 20.5. The summed E-state index contributed by atoms with van der Waals surface area (Å²) in [4.78, 5) is 34.5. The van der Waals surface area contributed by atoms with Gasteiger partial charge < -0.3 is 20.3 Å². The van der Waals surface area contributed by atoms with Crippen molar-refractivity contribution in [2.75, 3.05) is 13.2 Å². The van der Waals surface area contributed by atoms with Gasteiger partial charge in [-0.25, -0.2) is 0 Å². The van der Waals surface area contributed by atoms with Crippen LogP contribution in [-0.4, -0.2) is 44.7 Å². The van der Waals surface area contributed by atoms with Crippen LogP contribution in [0.5, 0.6) is 0 Å². The molecule has 32 heavy (non-hydrogen) atoms. The molecule has 1 saturated heterocycles. The number of aliphatic hydroxyl groups excluding tert-OH is 1. The lowest BCUT2D eigenvalue weighted by Gasteiger charge is -2.28. The van der Waals surface area contributed by atoms with Gasteiger partial charge in [0.2, 0.25) is 5.91 Å². The molecule has 1 fully saturated rings.